The highest BCUT2D eigenvalue weighted by molar-refractivity contribution is 8.07. The van der Waals surface area contributed by atoms with Crippen molar-refractivity contribution in [1.82, 2.24) is 0 Å². The van der Waals surface area contributed by atoms with E-state index >= 15 is 0 Å². The summed E-state index contributed by atoms with van der Waals surface area (Å²) >= 11 is 0. The van der Waals surface area contributed by atoms with Gasteiger partial charge in [0.15, 0.2) is 5.49 Å². The van der Waals surface area contributed by atoms with Gasteiger partial charge in [-0.25, -0.2) is 0 Å². The number of hydrogen-bond donors (Lipinski definition) is 0. The summed E-state index contributed by atoms with van der Waals surface area (Å²) in [5.74, 6) is 0. The lowest BCUT2D eigenvalue weighted by Gasteiger charge is -2.21. The molecular formula is C14H25NO5PS2+. The van der Waals surface area contributed by atoms with E-state index in [9.17, 15) is 12.6 Å². The fraction of sp³-hybridized carbons (Fsp3) is 0.571. The molecule has 0 fully saturated rings. The highest BCUT2D eigenvalue weighted by atomic mass is 32.2. The number of aryl methyl sites for hydroxylation is 1. The molecule has 1 aromatic rings. The molecule has 0 unspecified atom stereocenters. The fourth-order valence-corrected chi connectivity index (χ4v) is 9.68. The van der Waals surface area contributed by atoms with E-state index in [1.165, 1.54) is 12.1 Å². The quantitative estimate of drug-likeness (QED) is 0.508. The van der Waals surface area contributed by atoms with Crippen LogP contribution in [0.5, 0.6) is 0 Å². The molecule has 0 spiro atoms. The van der Waals surface area contributed by atoms with Gasteiger partial charge < -0.3 is 9.05 Å². The van der Waals surface area contributed by atoms with Crippen molar-refractivity contribution in [3.8, 4) is 0 Å². The molecule has 0 radical (unpaired) electrons. The van der Waals surface area contributed by atoms with Gasteiger partial charge in [-0.1, -0.05) is 17.7 Å². The van der Waals surface area contributed by atoms with Crippen LogP contribution in [0.25, 0.3) is 0 Å². The molecule has 23 heavy (non-hydrogen) atoms. The van der Waals surface area contributed by atoms with E-state index in [0.29, 0.717) is 0 Å². The second-order valence-corrected chi connectivity index (χ2v) is 13.2. The van der Waals surface area contributed by atoms with E-state index in [4.69, 9.17) is 9.05 Å². The van der Waals surface area contributed by atoms with Gasteiger partial charge in [-0.05, 0) is 32.9 Å². The van der Waals surface area contributed by atoms with E-state index in [2.05, 4.69) is 4.15 Å². The summed E-state index contributed by atoms with van der Waals surface area (Å²) in [6.45, 7) is 5.80. The first-order valence-corrected chi connectivity index (χ1v) is 12.9. The van der Waals surface area contributed by atoms with E-state index in [0.717, 1.165) is 5.56 Å². The lowest BCUT2D eigenvalue weighted by atomic mass is 10.2. The molecule has 0 aliphatic rings. The maximum atomic E-state index is 12.6. The first kappa shape index (κ1) is 20.5. The van der Waals surface area contributed by atoms with E-state index in [1.807, 2.05) is 6.92 Å². The lowest BCUT2D eigenvalue weighted by molar-refractivity contribution is 0.262. The fourth-order valence-electron chi connectivity index (χ4n) is 1.90. The predicted molar refractivity (Wildman–Crippen MR) is 95.7 cm³/mol. The summed E-state index contributed by atoms with van der Waals surface area (Å²) in [5.41, 5.74) is 0.928. The van der Waals surface area contributed by atoms with Gasteiger partial charge in [0.1, 0.15) is 12.5 Å². The van der Waals surface area contributed by atoms with Gasteiger partial charge >= 0.3 is 0 Å². The molecule has 0 atom stereocenters. The Balaban J connectivity index is 3.46. The third-order valence-corrected chi connectivity index (χ3v) is 10.5. The minimum Gasteiger partial charge on any atom is -0.320 e. The number of benzene rings is 1. The van der Waals surface area contributed by atoms with Crippen LogP contribution in [0.4, 0.5) is 0 Å². The highest BCUT2D eigenvalue weighted by Crippen LogP contribution is 2.55. The zero-order valence-electron chi connectivity index (χ0n) is 14.2. The van der Waals surface area contributed by atoms with Crippen molar-refractivity contribution in [3.63, 3.8) is 0 Å². The highest BCUT2D eigenvalue weighted by Gasteiger charge is 2.35. The Hall–Kier alpha value is -0.530. The molecule has 132 valence electrons. The van der Waals surface area contributed by atoms with Crippen molar-refractivity contribution in [2.45, 2.75) is 25.7 Å². The average Bonchev–Trinajstić information content (AvgIpc) is 2.36. The van der Waals surface area contributed by atoms with Crippen molar-refractivity contribution in [2.75, 3.05) is 31.2 Å². The Morgan fingerprint density at radius 1 is 1.09 bits per heavy atom. The van der Waals surface area contributed by atoms with E-state index in [1.54, 1.807) is 38.5 Å². The molecular weight excluding hydrogens is 357 g/mol. The molecule has 0 heterocycles. The van der Waals surface area contributed by atoms with Gasteiger partial charge in [0.2, 0.25) is 0 Å². The Labute approximate surface area is 140 Å². The van der Waals surface area contributed by atoms with E-state index in [-0.39, 0.29) is 23.6 Å². The molecule has 1 aromatic carbocycles. The minimum atomic E-state index is -3.95. The summed E-state index contributed by atoms with van der Waals surface area (Å²) in [5, 5.41) is 0. The zero-order valence-corrected chi connectivity index (χ0v) is 16.7. The smallest absolute Gasteiger partial charge is 0.285 e. The summed E-state index contributed by atoms with van der Waals surface area (Å²) in [6.07, 6.45) is 3.10. The number of rotatable bonds is 8. The first-order valence-electron chi connectivity index (χ1n) is 7.19. The largest absolute Gasteiger partial charge is 0.320 e. The minimum absolute atomic E-state index is 0.0211. The second kappa shape index (κ2) is 8.03. The molecule has 0 bridgehead atoms. The lowest BCUT2D eigenvalue weighted by Crippen LogP contribution is -2.15. The molecule has 6 nitrogen and oxygen atoms in total. The van der Waals surface area contributed by atoms with Gasteiger partial charge in [-0.3, -0.25) is 0 Å². The average molecular weight is 382 g/mol. The van der Waals surface area contributed by atoms with Gasteiger partial charge in [0, 0.05) is 0 Å². The second-order valence-electron chi connectivity index (χ2n) is 5.41. The topological polar surface area (TPSA) is 82.0 Å². The van der Waals surface area contributed by atoms with Crippen LogP contribution in [0, 0.1) is 6.92 Å². The third kappa shape index (κ3) is 6.47. The van der Waals surface area contributed by atoms with Crippen molar-refractivity contribution < 1.29 is 21.7 Å². The zero-order chi connectivity index (χ0) is 17.7. The van der Waals surface area contributed by atoms with Crippen LogP contribution in [0.2, 0.25) is 0 Å². The summed E-state index contributed by atoms with van der Waals surface area (Å²) in [4.78, 5) is 0.0746. The van der Waals surface area contributed by atoms with Crippen LogP contribution in [-0.2, 0) is 33.2 Å². The molecule has 0 saturated carbocycles. The van der Waals surface area contributed by atoms with Gasteiger partial charge in [0.25, 0.3) is 17.5 Å². The molecule has 9 heteroatoms. The van der Waals surface area contributed by atoms with Crippen LogP contribution in [0.15, 0.2) is 33.3 Å². The van der Waals surface area contributed by atoms with Crippen molar-refractivity contribution in [2.24, 2.45) is 4.15 Å². The Kier molecular flexibility index (Phi) is 7.16. The molecule has 0 aliphatic heterocycles. The normalized spacial score (nSPS) is 13.1. The van der Waals surface area contributed by atoms with Crippen molar-refractivity contribution in [1.29, 1.82) is 0 Å². The number of nitrogens with zero attached hydrogens (tertiary/aromatic N) is 1. The van der Waals surface area contributed by atoms with Crippen LogP contribution in [0.1, 0.15) is 19.4 Å². The number of hydrogen-bond acceptors (Lipinski definition) is 5. The van der Waals surface area contributed by atoms with Crippen LogP contribution in [0.3, 0.4) is 0 Å². The first-order chi connectivity index (χ1) is 10.5. The molecule has 0 amide bonds. The SMILES string of the molecule is CCOP(C[S+](C)(C)=O)(=NS(=O)(=O)c1ccc(C)cc1)OCC. The summed E-state index contributed by atoms with van der Waals surface area (Å²) in [7, 11) is -9.40. The molecule has 0 saturated heterocycles. The van der Waals surface area contributed by atoms with Crippen LogP contribution >= 0.6 is 7.51 Å². The van der Waals surface area contributed by atoms with Crippen molar-refractivity contribution in [3.05, 3.63) is 29.8 Å². The maximum absolute atomic E-state index is 12.6. The molecule has 0 aromatic heterocycles. The Morgan fingerprint density at radius 2 is 1.57 bits per heavy atom. The van der Waals surface area contributed by atoms with Crippen molar-refractivity contribution >= 4 is 27.5 Å². The molecule has 0 N–H and O–H groups in total. The van der Waals surface area contributed by atoms with Crippen LogP contribution in [-0.4, -0.2) is 39.6 Å². The van der Waals surface area contributed by atoms with Gasteiger partial charge in [-0.15, -0.1) is 8.36 Å². The van der Waals surface area contributed by atoms with Gasteiger partial charge in [0.05, 0.1) is 28.0 Å². The number of sulfonamides is 1. The predicted octanol–water partition coefficient (Wildman–Crippen LogP) is 3.50. The molecule has 0 aliphatic carbocycles. The Morgan fingerprint density at radius 3 is 1.96 bits per heavy atom. The van der Waals surface area contributed by atoms with Crippen LogP contribution < -0.4 is 0 Å². The summed E-state index contributed by atoms with van der Waals surface area (Å²) < 4.78 is 52.6. The molecule has 1 rings (SSSR count). The maximum Gasteiger partial charge on any atom is 0.285 e. The standard InChI is InChI=1S/C14H25NO5PS2/c1-6-19-21(20-7-2,12-22(4,5)16)15-23(17,18)14-10-8-13(3)9-11-14/h8-11H,6-7,12H2,1-5H3/q+1. The monoisotopic (exact) mass is 382 g/mol. The Bertz CT molecular complexity index is 712. The third-order valence-electron chi connectivity index (χ3n) is 2.69. The van der Waals surface area contributed by atoms with Gasteiger partial charge in [-0.2, -0.15) is 8.42 Å². The summed E-state index contributed by atoms with van der Waals surface area (Å²) in [6, 6.07) is 6.39. The van der Waals surface area contributed by atoms with E-state index < -0.39 is 27.5 Å².